The standard InChI is InChI=1S/C16H15N5O5/c1-25-13-8-11(9-14(10-13)26-2)17-15-16(21(23)24)18-19(20(15)22)12-6-4-3-5-7-12/h3-10,22H,1-2H3. The smallest absolute Gasteiger partial charge is 0.438 e. The number of ether oxygens (including phenoxy) is 2. The summed E-state index contributed by atoms with van der Waals surface area (Å²) in [6.45, 7) is 0. The topological polar surface area (TPSA) is 117 Å². The van der Waals surface area contributed by atoms with Crippen LogP contribution in [0.25, 0.3) is 5.69 Å². The van der Waals surface area contributed by atoms with Crippen LogP contribution in [0, 0.1) is 10.1 Å². The summed E-state index contributed by atoms with van der Waals surface area (Å²) >= 11 is 0. The van der Waals surface area contributed by atoms with Gasteiger partial charge in [-0.3, -0.25) is 0 Å². The van der Waals surface area contributed by atoms with Crippen molar-refractivity contribution in [3.63, 3.8) is 0 Å². The predicted octanol–water partition coefficient (Wildman–Crippen LogP) is 2.07. The molecule has 10 nitrogen and oxygen atoms in total. The number of rotatable bonds is 5. The van der Waals surface area contributed by atoms with Crippen LogP contribution in [0.1, 0.15) is 0 Å². The lowest BCUT2D eigenvalue weighted by Gasteiger charge is -2.05. The summed E-state index contributed by atoms with van der Waals surface area (Å²) in [4.78, 5) is 16.3. The molecule has 1 heterocycles. The number of hydrogen-bond donors (Lipinski definition) is 1. The van der Waals surface area contributed by atoms with Gasteiger partial charge < -0.3 is 24.8 Å². The Balaban J connectivity index is 2.23. The maximum absolute atomic E-state index is 11.4. The van der Waals surface area contributed by atoms with Crippen molar-refractivity contribution in [2.75, 3.05) is 14.2 Å². The monoisotopic (exact) mass is 357 g/mol. The summed E-state index contributed by atoms with van der Waals surface area (Å²) in [5.41, 5.74) is 0.386. The highest BCUT2D eigenvalue weighted by molar-refractivity contribution is 5.50. The highest BCUT2D eigenvalue weighted by atomic mass is 16.6. The normalized spacial score (nSPS) is 11.4. The van der Waals surface area contributed by atoms with Gasteiger partial charge in [-0.15, -0.1) is 0 Å². The molecule has 10 heteroatoms. The lowest BCUT2D eigenvalue weighted by molar-refractivity contribution is -0.391. The number of benzene rings is 2. The Kier molecular flexibility index (Phi) is 4.56. The number of nitrogens with zero attached hydrogens (tertiary/aromatic N) is 5. The van der Waals surface area contributed by atoms with Gasteiger partial charge in [-0.25, -0.2) is 4.99 Å². The molecule has 0 atom stereocenters. The minimum absolute atomic E-state index is 0.291. The quantitative estimate of drug-likeness (QED) is 0.424. The second-order valence-electron chi connectivity index (χ2n) is 5.10. The van der Waals surface area contributed by atoms with Crippen LogP contribution in [0.3, 0.4) is 0 Å². The molecule has 0 unspecified atom stereocenters. The largest absolute Gasteiger partial charge is 0.497 e. The maximum atomic E-state index is 11.4. The fraction of sp³-hybridized carbons (Fsp3) is 0.125. The Morgan fingerprint density at radius 2 is 1.73 bits per heavy atom. The van der Waals surface area contributed by atoms with Crippen molar-refractivity contribution in [3.05, 3.63) is 64.1 Å². The second-order valence-corrected chi connectivity index (χ2v) is 5.10. The molecule has 1 N–H and O–H groups in total. The van der Waals surface area contributed by atoms with E-state index in [0.29, 0.717) is 27.7 Å². The van der Waals surface area contributed by atoms with E-state index in [0.717, 1.165) is 4.80 Å². The van der Waals surface area contributed by atoms with Crippen LogP contribution >= 0.6 is 0 Å². The molecule has 0 aliphatic carbocycles. The Morgan fingerprint density at radius 3 is 2.27 bits per heavy atom. The van der Waals surface area contributed by atoms with Gasteiger partial charge in [0.05, 0.1) is 25.0 Å². The van der Waals surface area contributed by atoms with Crippen molar-refractivity contribution in [2.24, 2.45) is 4.99 Å². The molecule has 0 aliphatic heterocycles. The molecule has 0 bridgehead atoms. The van der Waals surface area contributed by atoms with Gasteiger partial charge in [-0.05, 0) is 21.9 Å². The van der Waals surface area contributed by atoms with E-state index in [2.05, 4.69) is 10.1 Å². The summed E-state index contributed by atoms with van der Waals surface area (Å²) in [7, 11) is 2.95. The second kappa shape index (κ2) is 6.97. The molecule has 134 valence electrons. The van der Waals surface area contributed by atoms with Gasteiger partial charge in [0.25, 0.3) is 5.49 Å². The van der Waals surface area contributed by atoms with E-state index in [1.54, 1.807) is 48.5 Å². The van der Waals surface area contributed by atoms with Gasteiger partial charge in [0, 0.05) is 18.2 Å². The average Bonchev–Trinajstić information content (AvgIpc) is 2.99. The van der Waals surface area contributed by atoms with Crippen LogP contribution in [0.4, 0.5) is 11.5 Å². The molecule has 2 aromatic carbocycles. The van der Waals surface area contributed by atoms with Gasteiger partial charge in [-0.2, -0.15) is 0 Å². The molecular formula is C16H15N5O5. The van der Waals surface area contributed by atoms with E-state index >= 15 is 0 Å². The lowest BCUT2D eigenvalue weighted by atomic mass is 10.3. The van der Waals surface area contributed by atoms with E-state index in [9.17, 15) is 15.3 Å². The number of aromatic nitrogens is 3. The Morgan fingerprint density at radius 1 is 1.12 bits per heavy atom. The fourth-order valence-electron chi connectivity index (χ4n) is 2.28. The summed E-state index contributed by atoms with van der Waals surface area (Å²) in [5, 5.41) is 25.6. The lowest BCUT2D eigenvalue weighted by Crippen LogP contribution is -2.22. The Bertz CT molecular complexity index is 987. The molecule has 0 aliphatic rings. The Hall–Kier alpha value is -3.82. The van der Waals surface area contributed by atoms with Crippen LogP contribution in [-0.2, 0) is 0 Å². The van der Waals surface area contributed by atoms with Crippen molar-refractivity contribution in [1.82, 2.24) is 14.7 Å². The summed E-state index contributed by atoms with van der Waals surface area (Å²) in [5.74, 6) is 0.300. The van der Waals surface area contributed by atoms with Crippen molar-refractivity contribution in [3.8, 4) is 17.2 Å². The van der Waals surface area contributed by atoms with Gasteiger partial charge in [0.2, 0.25) is 0 Å². The first kappa shape index (κ1) is 17.0. The molecule has 0 amide bonds. The first-order chi connectivity index (χ1) is 12.5. The zero-order valence-electron chi connectivity index (χ0n) is 13.9. The van der Waals surface area contributed by atoms with Crippen LogP contribution in [0.2, 0.25) is 0 Å². The average molecular weight is 357 g/mol. The molecular weight excluding hydrogens is 342 g/mol. The number of hydrogen-bond acceptors (Lipinski definition) is 7. The van der Waals surface area contributed by atoms with E-state index in [1.165, 1.54) is 14.2 Å². The van der Waals surface area contributed by atoms with Gasteiger partial charge in [0.15, 0.2) is 0 Å². The van der Waals surface area contributed by atoms with Crippen molar-refractivity contribution in [1.29, 1.82) is 0 Å². The molecule has 1 aromatic heterocycles. The summed E-state index contributed by atoms with van der Waals surface area (Å²) in [6, 6.07) is 13.2. The summed E-state index contributed by atoms with van der Waals surface area (Å²) < 4.78 is 10.3. The van der Waals surface area contributed by atoms with Gasteiger partial charge in [0.1, 0.15) is 17.2 Å². The fourth-order valence-corrected chi connectivity index (χ4v) is 2.28. The van der Waals surface area contributed by atoms with E-state index in [4.69, 9.17) is 9.47 Å². The number of methoxy groups -OCH3 is 2. The first-order valence-electron chi connectivity index (χ1n) is 7.42. The zero-order valence-corrected chi connectivity index (χ0v) is 13.9. The SMILES string of the molecule is COc1cc(N=c2c([N+](=O)[O-])nn(-c3ccccc3)n2O)cc(OC)c1. The van der Waals surface area contributed by atoms with Crippen molar-refractivity contribution < 1.29 is 19.6 Å². The third kappa shape index (κ3) is 3.20. The summed E-state index contributed by atoms with van der Waals surface area (Å²) in [6.07, 6.45) is 0. The molecule has 0 fully saturated rings. The van der Waals surface area contributed by atoms with Crippen molar-refractivity contribution in [2.45, 2.75) is 0 Å². The van der Waals surface area contributed by atoms with Crippen LogP contribution in [-0.4, -0.2) is 39.1 Å². The van der Waals surface area contributed by atoms with Crippen LogP contribution in [0.5, 0.6) is 11.5 Å². The van der Waals surface area contributed by atoms with Crippen LogP contribution in [0.15, 0.2) is 53.5 Å². The maximum Gasteiger partial charge on any atom is 0.438 e. The molecule has 3 aromatic rings. The highest BCUT2D eigenvalue weighted by Gasteiger charge is 2.24. The molecule has 0 saturated carbocycles. The third-order valence-corrected chi connectivity index (χ3v) is 3.49. The van der Waals surface area contributed by atoms with Crippen LogP contribution < -0.4 is 15.0 Å². The van der Waals surface area contributed by atoms with Gasteiger partial charge >= 0.3 is 5.82 Å². The molecule has 0 saturated heterocycles. The molecule has 26 heavy (non-hydrogen) atoms. The Labute approximate surface area is 147 Å². The van der Waals surface area contributed by atoms with E-state index in [1.807, 2.05) is 0 Å². The van der Waals surface area contributed by atoms with Gasteiger partial charge in [-0.1, -0.05) is 23.0 Å². The molecule has 0 spiro atoms. The minimum Gasteiger partial charge on any atom is -0.497 e. The molecule has 3 rings (SSSR count). The zero-order chi connectivity index (χ0) is 18.7. The molecule has 0 radical (unpaired) electrons. The van der Waals surface area contributed by atoms with Crippen molar-refractivity contribution >= 4 is 11.5 Å². The van der Waals surface area contributed by atoms with E-state index in [-0.39, 0.29) is 5.49 Å². The first-order valence-corrected chi connectivity index (χ1v) is 7.42. The number of nitro groups is 1. The number of para-hydroxylation sites is 1. The third-order valence-electron chi connectivity index (χ3n) is 3.49. The minimum atomic E-state index is -0.720. The highest BCUT2D eigenvalue weighted by Crippen LogP contribution is 2.27. The van der Waals surface area contributed by atoms with E-state index < -0.39 is 10.7 Å². The predicted molar refractivity (Wildman–Crippen MR) is 90.2 cm³/mol.